The van der Waals surface area contributed by atoms with E-state index in [1.165, 1.54) is 23.5 Å². The van der Waals surface area contributed by atoms with Gasteiger partial charge in [0.2, 0.25) is 5.91 Å². The van der Waals surface area contributed by atoms with Crippen LogP contribution in [0.3, 0.4) is 0 Å². The number of carbonyl (C=O) groups excluding carboxylic acids is 1. The molecule has 0 aliphatic rings. The maximum Gasteiger partial charge on any atom is 0.332 e. The number of hydrogen-bond donors (Lipinski definition) is 1. The van der Waals surface area contributed by atoms with Crippen molar-refractivity contribution >= 4 is 17.1 Å². The molecular formula is C21H28N6O3. The molecule has 30 heavy (non-hydrogen) atoms. The monoisotopic (exact) mass is 412 g/mol. The number of rotatable bonds is 7. The largest absolute Gasteiger partial charge is 0.353 e. The molecular weight excluding hydrogens is 384 g/mol. The number of imidazole rings is 1. The summed E-state index contributed by atoms with van der Waals surface area (Å²) in [5, 5.41) is 2.86. The van der Waals surface area contributed by atoms with Crippen LogP contribution in [0.5, 0.6) is 0 Å². The average molecular weight is 412 g/mol. The fourth-order valence-corrected chi connectivity index (χ4v) is 3.52. The smallest absolute Gasteiger partial charge is 0.332 e. The predicted molar refractivity (Wildman–Crippen MR) is 115 cm³/mol. The first-order valence-electron chi connectivity index (χ1n) is 9.87. The summed E-state index contributed by atoms with van der Waals surface area (Å²) in [5.74, 6) is -0.396. The van der Waals surface area contributed by atoms with Crippen LogP contribution in [0, 0.1) is 0 Å². The lowest BCUT2D eigenvalue weighted by Gasteiger charge is -2.25. The van der Waals surface area contributed by atoms with Crippen molar-refractivity contribution in [2.24, 2.45) is 14.1 Å². The van der Waals surface area contributed by atoms with Crippen LogP contribution in [0.25, 0.3) is 11.2 Å². The lowest BCUT2D eigenvalue weighted by molar-refractivity contribution is -0.122. The van der Waals surface area contributed by atoms with E-state index in [1.807, 2.05) is 19.0 Å². The van der Waals surface area contributed by atoms with Gasteiger partial charge in [0.1, 0.15) is 6.54 Å². The first kappa shape index (κ1) is 21.5. The first-order valence-corrected chi connectivity index (χ1v) is 9.87. The molecule has 1 unspecified atom stereocenters. The topological polar surface area (TPSA) is 94.2 Å². The summed E-state index contributed by atoms with van der Waals surface area (Å²) in [6.45, 7) is 2.12. The Morgan fingerprint density at radius 2 is 1.83 bits per heavy atom. The zero-order valence-electron chi connectivity index (χ0n) is 18.0. The Balaban J connectivity index is 1.78. The minimum atomic E-state index is -0.569. The predicted octanol–water partition coefficient (Wildman–Crippen LogP) is 0.415. The molecule has 160 valence electrons. The fraction of sp³-hybridized carbons (Fsp3) is 0.429. The van der Waals surface area contributed by atoms with Crippen molar-refractivity contribution in [3.8, 4) is 0 Å². The molecule has 0 saturated heterocycles. The highest BCUT2D eigenvalue weighted by molar-refractivity contribution is 5.76. The maximum absolute atomic E-state index is 12.7. The van der Waals surface area contributed by atoms with Crippen LogP contribution >= 0.6 is 0 Å². The number of fused-ring (bicyclic) bond motifs is 1. The van der Waals surface area contributed by atoms with E-state index in [2.05, 4.69) is 41.5 Å². The van der Waals surface area contributed by atoms with Crippen molar-refractivity contribution in [2.75, 3.05) is 20.6 Å². The van der Waals surface area contributed by atoms with Crippen LogP contribution in [0.4, 0.5) is 0 Å². The number of nitrogens with zero attached hydrogens (tertiary/aromatic N) is 5. The SMILES string of the molecule is CCc1ccc(C(CNC(=O)Cn2c(=O)c3c(ncn3C)n(C)c2=O)N(C)C)cc1. The quantitative estimate of drug-likeness (QED) is 0.607. The first-order chi connectivity index (χ1) is 14.2. The summed E-state index contributed by atoms with van der Waals surface area (Å²) >= 11 is 0. The molecule has 0 aliphatic carbocycles. The van der Waals surface area contributed by atoms with Crippen molar-refractivity contribution < 1.29 is 4.79 Å². The summed E-state index contributed by atoms with van der Waals surface area (Å²) in [6, 6.07) is 8.26. The van der Waals surface area contributed by atoms with E-state index in [1.54, 1.807) is 11.6 Å². The minimum Gasteiger partial charge on any atom is -0.353 e. The number of carbonyl (C=O) groups is 1. The molecule has 0 fully saturated rings. The van der Waals surface area contributed by atoms with E-state index >= 15 is 0 Å². The summed E-state index contributed by atoms with van der Waals surface area (Å²) in [4.78, 5) is 44.0. The second kappa shape index (κ2) is 8.66. The summed E-state index contributed by atoms with van der Waals surface area (Å²) in [7, 11) is 7.10. The third kappa shape index (κ3) is 4.06. The van der Waals surface area contributed by atoms with Gasteiger partial charge in [-0.2, -0.15) is 0 Å². The van der Waals surface area contributed by atoms with Crippen LogP contribution in [-0.4, -0.2) is 50.1 Å². The zero-order chi connectivity index (χ0) is 22.0. The van der Waals surface area contributed by atoms with Gasteiger partial charge in [-0.3, -0.25) is 14.2 Å². The number of benzene rings is 1. The van der Waals surface area contributed by atoms with Crippen molar-refractivity contribution in [1.82, 2.24) is 28.9 Å². The van der Waals surface area contributed by atoms with Gasteiger partial charge in [-0.15, -0.1) is 0 Å². The molecule has 2 heterocycles. The molecule has 0 bridgehead atoms. The van der Waals surface area contributed by atoms with E-state index in [0.29, 0.717) is 12.2 Å². The normalized spacial score (nSPS) is 12.5. The van der Waals surface area contributed by atoms with Gasteiger partial charge in [0.25, 0.3) is 5.56 Å². The molecule has 2 aromatic heterocycles. The van der Waals surface area contributed by atoms with Gasteiger partial charge >= 0.3 is 5.69 Å². The Morgan fingerprint density at radius 3 is 2.43 bits per heavy atom. The van der Waals surface area contributed by atoms with Crippen molar-refractivity contribution in [2.45, 2.75) is 25.9 Å². The molecule has 1 aromatic carbocycles. The summed E-state index contributed by atoms with van der Waals surface area (Å²) in [5.41, 5.74) is 1.82. The molecule has 0 saturated carbocycles. The molecule has 1 atom stereocenters. The fourth-order valence-electron chi connectivity index (χ4n) is 3.52. The van der Waals surface area contributed by atoms with Gasteiger partial charge in [-0.05, 0) is 31.6 Å². The molecule has 9 nitrogen and oxygen atoms in total. The van der Waals surface area contributed by atoms with Gasteiger partial charge in [-0.25, -0.2) is 14.3 Å². The molecule has 0 spiro atoms. The van der Waals surface area contributed by atoms with Crippen LogP contribution in [0.2, 0.25) is 0 Å². The van der Waals surface area contributed by atoms with Gasteiger partial charge < -0.3 is 14.8 Å². The number of nitrogens with one attached hydrogen (secondary N) is 1. The second-order valence-electron chi connectivity index (χ2n) is 7.64. The van der Waals surface area contributed by atoms with E-state index in [4.69, 9.17) is 0 Å². The van der Waals surface area contributed by atoms with E-state index < -0.39 is 17.2 Å². The molecule has 3 aromatic rings. The Bertz CT molecular complexity index is 1170. The molecule has 3 rings (SSSR count). The molecule has 0 radical (unpaired) electrons. The second-order valence-corrected chi connectivity index (χ2v) is 7.64. The zero-order valence-corrected chi connectivity index (χ0v) is 18.0. The number of likely N-dealkylation sites (N-methyl/N-ethyl adjacent to an activating group) is 1. The van der Waals surface area contributed by atoms with E-state index in [-0.39, 0.29) is 18.1 Å². The van der Waals surface area contributed by atoms with Crippen LogP contribution < -0.4 is 16.6 Å². The highest BCUT2D eigenvalue weighted by Crippen LogP contribution is 2.18. The third-order valence-electron chi connectivity index (χ3n) is 5.39. The lowest BCUT2D eigenvalue weighted by Crippen LogP contribution is -2.44. The summed E-state index contributed by atoms with van der Waals surface area (Å²) < 4.78 is 3.77. The molecule has 1 N–H and O–H groups in total. The van der Waals surface area contributed by atoms with Crippen molar-refractivity contribution in [3.63, 3.8) is 0 Å². The van der Waals surface area contributed by atoms with Crippen molar-refractivity contribution in [1.29, 1.82) is 0 Å². The minimum absolute atomic E-state index is 0.0287. The highest BCUT2D eigenvalue weighted by atomic mass is 16.2. The average Bonchev–Trinajstić information content (AvgIpc) is 3.11. The van der Waals surface area contributed by atoms with Crippen LogP contribution in [0.15, 0.2) is 40.2 Å². The third-order valence-corrected chi connectivity index (χ3v) is 5.39. The van der Waals surface area contributed by atoms with Gasteiger partial charge in [0, 0.05) is 20.6 Å². The van der Waals surface area contributed by atoms with E-state index in [0.717, 1.165) is 16.6 Å². The summed E-state index contributed by atoms with van der Waals surface area (Å²) in [6.07, 6.45) is 2.44. The Labute approximate surface area is 174 Å². The number of hydrogen-bond acceptors (Lipinski definition) is 5. The molecule has 1 amide bonds. The number of amides is 1. The van der Waals surface area contributed by atoms with Gasteiger partial charge in [0.05, 0.1) is 12.4 Å². The number of aromatic nitrogens is 4. The maximum atomic E-state index is 12.7. The lowest BCUT2D eigenvalue weighted by atomic mass is 10.0. The van der Waals surface area contributed by atoms with Crippen LogP contribution in [0.1, 0.15) is 24.1 Å². The standard InChI is InChI=1S/C21H28N6O3/c1-6-14-7-9-15(10-8-14)16(24(2)3)11-22-17(28)12-27-20(29)18-19(23-13-25(18)4)26(5)21(27)30/h7-10,13,16H,6,11-12H2,1-5H3,(H,22,28). The van der Waals surface area contributed by atoms with Gasteiger partial charge in [0.15, 0.2) is 11.2 Å². The number of aryl methyl sites for hydroxylation is 3. The Kier molecular flexibility index (Phi) is 6.21. The van der Waals surface area contributed by atoms with Gasteiger partial charge in [-0.1, -0.05) is 31.2 Å². The van der Waals surface area contributed by atoms with Crippen molar-refractivity contribution in [3.05, 3.63) is 62.6 Å². The Morgan fingerprint density at radius 1 is 1.17 bits per heavy atom. The highest BCUT2D eigenvalue weighted by Gasteiger charge is 2.19. The molecule has 0 aliphatic heterocycles. The Hall–Kier alpha value is -3.20. The van der Waals surface area contributed by atoms with E-state index in [9.17, 15) is 14.4 Å². The van der Waals surface area contributed by atoms with Crippen LogP contribution in [-0.2, 0) is 31.9 Å². The molecule has 9 heteroatoms.